The molecule has 0 aromatic carbocycles. The molecule has 0 aliphatic heterocycles. The third-order valence-corrected chi connectivity index (χ3v) is 3.37. The van der Waals surface area contributed by atoms with Crippen molar-refractivity contribution in [3.63, 3.8) is 0 Å². The molecule has 0 spiro atoms. The van der Waals surface area contributed by atoms with Gasteiger partial charge in [0, 0.05) is 12.3 Å². The summed E-state index contributed by atoms with van der Waals surface area (Å²) >= 11 is 0. The van der Waals surface area contributed by atoms with Crippen LogP contribution in [0, 0.1) is 23.2 Å². The highest BCUT2D eigenvalue weighted by Crippen LogP contribution is 2.18. The quantitative estimate of drug-likeness (QED) is 0.327. The SMILES string of the molecule is CC(CCCC#CC1C=CCCC1)OC(=O)C(C)(C)C. The van der Waals surface area contributed by atoms with Crippen LogP contribution in [0.25, 0.3) is 0 Å². The van der Waals surface area contributed by atoms with Crippen molar-refractivity contribution in [1.29, 1.82) is 0 Å². The molecule has 2 unspecified atom stereocenters. The Kier molecular flexibility index (Phi) is 6.85. The lowest BCUT2D eigenvalue weighted by Crippen LogP contribution is -2.26. The number of carbonyl (C=O) groups excluding carboxylic acids is 1. The van der Waals surface area contributed by atoms with Gasteiger partial charge in [0.15, 0.2) is 0 Å². The number of unbranched alkanes of at least 4 members (excludes halogenated alkanes) is 1. The predicted molar refractivity (Wildman–Crippen MR) is 83.1 cm³/mol. The van der Waals surface area contributed by atoms with Crippen molar-refractivity contribution in [2.75, 3.05) is 0 Å². The maximum absolute atomic E-state index is 11.7. The molecule has 1 aliphatic rings. The van der Waals surface area contributed by atoms with Gasteiger partial charge in [0.25, 0.3) is 0 Å². The number of allylic oxidation sites excluding steroid dienone is 2. The van der Waals surface area contributed by atoms with Crippen LogP contribution in [0.15, 0.2) is 12.2 Å². The summed E-state index contributed by atoms with van der Waals surface area (Å²) in [5.74, 6) is 6.90. The first kappa shape index (κ1) is 16.8. The first-order chi connectivity index (χ1) is 9.39. The van der Waals surface area contributed by atoms with Crippen LogP contribution in [0.1, 0.15) is 66.2 Å². The van der Waals surface area contributed by atoms with E-state index in [1.54, 1.807) is 0 Å². The van der Waals surface area contributed by atoms with E-state index < -0.39 is 5.41 Å². The van der Waals surface area contributed by atoms with Gasteiger partial charge in [-0.1, -0.05) is 18.1 Å². The average Bonchev–Trinajstić information content (AvgIpc) is 2.38. The molecule has 0 amide bonds. The topological polar surface area (TPSA) is 26.3 Å². The van der Waals surface area contributed by atoms with Crippen LogP contribution < -0.4 is 0 Å². The molecule has 1 aliphatic carbocycles. The first-order valence-corrected chi connectivity index (χ1v) is 7.75. The fourth-order valence-electron chi connectivity index (χ4n) is 2.03. The predicted octanol–water partition coefficient (Wildman–Crippen LogP) is 4.49. The van der Waals surface area contributed by atoms with E-state index in [1.165, 1.54) is 19.3 Å². The summed E-state index contributed by atoms with van der Waals surface area (Å²) < 4.78 is 5.41. The van der Waals surface area contributed by atoms with Gasteiger partial charge in [0.1, 0.15) is 0 Å². The molecule has 0 bridgehead atoms. The van der Waals surface area contributed by atoms with E-state index >= 15 is 0 Å². The van der Waals surface area contributed by atoms with Crippen molar-refractivity contribution < 1.29 is 9.53 Å². The molecule has 0 aromatic heterocycles. The summed E-state index contributed by atoms with van der Waals surface area (Å²) in [5, 5.41) is 0. The van der Waals surface area contributed by atoms with E-state index in [9.17, 15) is 4.79 Å². The molecule has 0 heterocycles. The van der Waals surface area contributed by atoms with Gasteiger partial charge >= 0.3 is 5.97 Å². The molecule has 112 valence electrons. The van der Waals surface area contributed by atoms with Gasteiger partial charge in [0.2, 0.25) is 0 Å². The average molecular weight is 276 g/mol. The van der Waals surface area contributed by atoms with Gasteiger partial charge in [-0.25, -0.2) is 0 Å². The van der Waals surface area contributed by atoms with Crippen molar-refractivity contribution in [2.45, 2.75) is 72.3 Å². The highest BCUT2D eigenvalue weighted by Gasteiger charge is 2.24. The maximum atomic E-state index is 11.7. The van der Waals surface area contributed by atoms with Crippen LogP contribution in [-0.4, -0.2) is 12.1 Å². The Bertz CT molecular complexity index is 390. The maximum Gasteiger partial charge on any atom is 0.311 e. The number of esters is 1. The molecular formula is C18H28O2. The number of ether oxygens (including phenoxy) is 1. The van der Waals surface area contributed by atoms with Gasteiger partial charge < -0.3 is 4.74 Å². The number of hydrogen-bond acceptors (Lipinski definition) is 2. The van der Waals surface area contributed by atoms with E-state index in [4.69, 9.17) is 4.74 Å². The van der Waals surface area contributed by atoms with Crippen LogP contribution in [0.5, 0.6) is 0 Å². The Morgan fingerprint density at radius 2 is 2.20 bits per heavy atom. The standard InChI is InChI=1S/C18H28O2/c1-15(20-17(19)18(2,3)4)11-7-5-8-12-16-13-9-6-10-14-16/h9,13,15-16H,5-7,10-11,14H2,1-4H3. The van der Waals surface area contributed by atoms with E-state index in [0.29, 0.717) is 5.92 Å². The summed E-state index contributed by atoms with van der Waals surface area (Å²) in [5.41, 5.74) is -0.415. The minimum atomic E-state index is -0.415. The summed E-state index contributed by atoms with van der Waals surface area (Å²) in [6, 6.07) is 0. The van der Waals surface area contributed by atoms with Crippen molar-refractivity contribution in [2.24, 2.45) is 11.3 Å². The van der Waals surface area contributed by atoms with Gasteiger partial charge in [-0.15, -0.1) is 5.92 Å². The highest BCUT2D eigenvalue weighted by molar-refractivity contribution is 5.75. The molecule has 0 N–H and O–H groups in total. The van der Waals surface area contributed by atoms with Crippen molar-refractivity contribution in [3.8, 4) is 11.8 Å². The zero-order valence-corrected chi connectivity index (χ0v) is 13.4. The van der Waals surface area contributed by atoms with Crippen molar-refractivity contribution in [3.05, 3.63) is 12.2 Å². The van der Waals surface area contributed by atoms with Gasteiger partial charge in [-0.05, 0) is 59.8 Å². The minimum Gasteiger partial charge on any atom is -0.462 e. The van der Waals surface area contributed by atoms with Gasteiger partial charge in [-0.3, -0.25) is 4.79 Å². The zero-order chi connectivity index (χ0) is 15.0. The monoisotopic (exact) mass is 276 g/mol. The zero-order valence-electron chi connectivity index (χ0n) is 13.4. The Morgan fingerprint density at radius 3 is 2.80 bits per heavy atom. The van der Waals surface area contributed by atoms with Crippen LogP contribution in [0.2, 0.25) is 0 Å². The lowest BCUT2D eigenvalue weighted by molar-refractivity contribution is -0.158. The second-order valence-electron chi connectivity index (χ2n) is 6.64. The molecule has 0 aromatic rings. The third kappa shape index (κ3) is 6.80. The largest absolute Gasteiger partial charge is 0.462 e. The van der Waals surface area contributed by atoms with Crippen LogP contribution in [0.4, 0.5) is 0 Å². The minimum absolute atomic E-state index is 0.0156. The van der Waals surface area contributed by atoms with Crippen LogP contribution >= 0.6 is 0 Å². The summed E-state index contributed by atoms with van der Waals surface area (Å²) in [6.07, 6.45) is 10.9. The van der Waals surface area contributed by atoms with Crippen LogP contribution in [-0.2, 0) is 9.53 Å². The van der Waals surface area contributed by atoms with E-state index in [0.717, 1.165) is 19.3 Å². The second kappa shape index (κ2) is 8.15. The molecule has 2 nitrogen and oxygen atoms in total. The Hall–Kier alpha value is -1.23. The molecule has 2 atom stereocenters. The Labute approximate surface area is 124 Å². The van der Waals surface area contributed by atoms with Crippen LogP contribution in [0.3, 0.4) is 0 Å². The number of carbonyl (C=O) groups is 1. The molecule has 0 fully saturated rings. The molecule has 0 saturated carbocycles. The van der Waals surface area contributed by atoms with Gasteiger partial charge in [0.05, 0.1) is 11.5 Å². The van der Waals surface area contributed by atoms with Crippen molar-refractivity contribution in [1.82, 2.24) is 0 Å². The molecule has 0 radical (unpaired) electrons. The first-order valence-electron chi connectivity index (χ1n) is 7.75. The Balaban J connectivity index is 2.17. The summed E-state index contributed by atoms with van der Waals surface area (Å²) in [4.78, 5) is 11.7. The summed E-state index contributed by atoms with van der Waals surface area (Å²) in [6.45, 7) is 7.60. The second-order valence-corrected chi connectivity index (χ2v) is 6.64. The van der Waals surface area contributed by atoms with E-state index in [2.05, 4.69) is 24.0 Å². The fourth-order valence-corrected chi connectivity index (χ4v) is 2.03. The number of hydrogen-bond donors (Lipinski definition) is 0. The van der Waals surface area contributed by atoms with Crippen molar-refractivity contribution >= 4 is 5.97 Å². The highest BCUT2D eigenvalue weighted by atomic mass is 16.5. The van der Waals surface area contributed by atoms with Gasteiger partial charge in [-0.2, -0.15) is 0 Å². The lowest BCUT2D eigenvalue weighted by atomic mass is 9.96. The molecule has 20 heavy (non-hydrogen) atoms. The fraction of sp³-hybridized carbons (Fsp3) is 0.722. The molecule has 0 saturated heterocycles. The third-order valence-electron chi connectivity index (χ3n) is 3.37. The molecular weight excluding hydrogens is 248 g/mol. The smallest absolute Gasteiger partial charge is 0.311 e. The number of rotatable bonds is 4. The normalized spacial score (nSPS) is 19.9. The lowest BCUT2D eigenvalue weighted by Gasteiger charge is -2.20. The van der Waals surface area contributed by atoms with E-state index in [1.807, 2.05) is 27.7 Å². The Morgan fingerprint density at radius 1 is 1.45 bits per heavy atom. The van der Waals surface area contributed by atoms with E-state index in [-0.39, 0.29) is 12.1 Å². The molecule has 1 rings (SSSR count). The molecule has 2 heteroatoms. The summed E-state index contributed by atoms with van der Waals surface area (Å²) in [7, 11) is 0.